The maximum Gasteiger partial charge on any atom is 0.200 e. The topological polar surface area (TPSA) is 71.0 Å². The van der Waals surface area contributed by atoms with Gasteiger partial charge in [-0.3, -0.25) is 0 Å². The van der Waals surface area contributed by atoms with Crippen molar-refractivity contribution in [2.45, 2.75) is 39.3 Å². The van der Waals surface area contributed by atoms with Crippen LogP contribution >= 0.6 is 0 Å². The SMILES string of the molecule is CCC(CC)C(O)CNCc1cc(OC)c(O)c(OC)c1. The number of ether oxygens (including phenoxy) is 2. The summed E-state index contributed by atoms with van der Waals surface area (Å²) in [4.78, 5) is 0. The second-order valence-electron chi connectivity index (χ2n) is 5.12. The smallest absolute Gasteiger partial charge is 0.200 e. The van der Waals surface area contributed by atoms with Crippen molar-refractivity contribution in [1.82, 2.24) is 5.32 Å². The Balaban J connectivity index is 2.63. The van der Waals surface area contributed by atoms with Crippen LogP contribution in [-0.2, 0) is 6.54 Å². The Bertz CT molecular complexity index is 407. The summed E-state index contributed by atoms with van der Waals surface area (Å²) in [6, 6.07) is 3.52. The molecule has 0 aliphatic rings. The number of phenols is 1. The molecule has 0 radical (unpaired) electrons. The van der Waals surface area contributed by atoms with Crippen molar-refractivity contribution < 1.29 is 19.7 Å². The van der Waals surface area contributed by atoms with E-state index in [2.05, 4.69) is 19.2 Å². The van der Waals surface area contributed by atoms with Gasteiger partial charge < -0.3 is 25.0 Å². The maximum atomic E-state index is 10.1. The van der Waals surface area contributed by atoms with Crippen LogP contribution in [0.15, 0.2) is 12.1 Å². The zero-order chi connectivity index (χ0) is 15.8. The fraction of sp³-hybridized carbons (Fsp3) is 0.625. The van der Waals surface area contributed by atoms with Crippen molar-refractivity contribution in [3.63, 3.8) is 0 Å². The number of methoxy groups -OCH3 is 2. The van der Waals surface area contributed by atoms with Crippen LogP contribution in [0.4, 0.5) is 0 Å². The van der Waals surface area contributed by atoms with E-state index in [4.69, 9.17) is 9.47 Å². The fourth-order valence-corrected chi connectivity index (χ4v) is 2.41. The average Bonchev–Trinajstić information content (AvgIpc) is 2.49. The summed E-state index contributed by atoms with van der Waals surface area (Å²) in [5.41, 5.74) is 0.929. The van der Waals surface area contributed by atoms with E-state index in [1.807, 2.05) is 0 Å². The van der Waals surface area contributed by atoms with Gasteiger partial charge in [0.05, 0.1) is 20.3 Å². The van der Waals surface area contributed by atoms with Gasteiger partial charge in [0.25, 0.3) is 0 Å². The highest BCUT2D eigenvalue weighted by Crippen LogP contribution is 2.36. The lowest BCUT2D eigenvalue weighted by Crippen LogP contribution is -2.32. The van der Waals surface area contributed by atoms with Gasteiger partial charge in [0.2, 0.25) is 5.75 Å². The molecule has 1 atom stereocenters. The van der Waals surface area contributed by atoms with Gasteiger partial charge in [-0.05, 0) is 23.6 Å². The molecule has 0 spiro atoms. The van der Waals surface area contributed by atoms with Gasteiger partial charge in [0.1, 0.15) is 0 Å². The standard InChI is InChI=1S/C16H27NO4/c1-5-12(6-2)13(18)10-17-9-11-7-14(20-3)16(19)15(8-11)21-4/h7-8,12-13,17-19H,5-6,9-10H2,1-4H3. The number of aliphatic hydroxyl groups is 1. The first-order chi connectivity index (χ1) is 10.1. The van der Waals surface area contributed by atoms with Crippen molar-refractivity contribution in [3.8, 4) is 17.2 Å². The molecule has 0 aliphatic heterocycles. The van der Waals surface area contributed by atoms with Crippen LogP contribution in [0.1, 0.15) is 32.3 Å². The van der Waals surface area contributed by atoms with Gasteiger partial charge in [-0.15, -0.1) is 0 Å². The first kappa shape index (κ1) is 17.6. The van der Waals surface area contributed by atoms with Crippen LogP contribution in [0, 0.1) is 5.92 Å². The van der Waals surface area contributed by atoms with Crippen LogP contribution in [0.3, 0.4) is 0 Å². The largest absolute Gasteiger partial charge is 0.502 e. The molecule has 0 aliphatic carbocycles. The summed E-state index contributed by atoms with van der Waals surface area (Å²) in [6.07, 6.45) is 1.60. The highest BCUT2D eigenvalue weighted by molar-refractivity contribution is 5.52. The molecular formula is C16H27NO4. The minimum atomic E-state index is -0.346. The van der Waals surface area contributed by atoms with Crippen molar-refractivity contribution in [3.05, 3.63) is 17.7 Å². The van der Waals surface area contributed by atoms with E-state index in [9.17, 15) is 10.2 Å². The van der Waals surface area contributed by atoms with E-state index in [1.165, 1.54) is 14.2 Å². The van der Waals surface area contributed by atoms with E-state index >= 15 is 0 Å². The Labute approximate surface area is 126 Å². The monoisotopic (exact) mass is 297 g/mol. The molecule has 5 heteroatoms. The van der Waals surface area contributed by atoms with Crippen molar-refractivity contribution in [2.24, 2.45) is 5.92 Å². The molecule has 21 heavy (non-hydrogen) atoms. The van der Waals surface area contributed by atoms with Crippen molar-refractivity contribution in [2.75, 3.05) is 20.8 Å². The lowest BCUT2D eigenvalue weighted by molar-refractivity contribution is 0.101. The molecular weight excluding hydrogens is 270 g/mol. The third kappa shape index (κ3) is 4.79. The van der Waals surface area contributed by atoms with E-state index < -0.39 is 0 Å². The summed E-state index contributed by atoms with van der Waals surface area (Å²) in [6.45, 7) is 5.29. The second kappa shape index (κ2) is 8.74. The number of hydrogen-bond acceptors (Lipinski definition) is 5. The Morgan fingerprint density at radius 2 is 1.62 bits per heavy atom. The third-order valence-corrected chi connectivity index (χ3v) is 3.82. The normalized spacial score (nSPS) is 12.5. The minimum Gasteiger partial charge on any atom is -0.502 e. The molecule has 0 saturated carbocycles. The molecule has 5 nitrogen and oxygen atoms in total. The Morgan fingerprint density at radius 1 is 1.10 bits per heavy atom. The van der Waals surface area contributed by atoms with Crippen LogP contribution in [-0.4, -0.2) is 37.1 Å². The quantitative estimate of drug-likeness (QED) is 0.652. The molecule has 0 saturated heterocycles. The number of phenolic OH excluding ortho intramolecular Hbond substituents is 1. The first-order valence-electron chi connectivity index (χ1n) is 7.39. The zero-order valence-electron chi connectivity index (χ0n) is 13.3. The summed E-state index contributed by atoms with van der Waals surface area (Å²) < 4.78 is 10.2. The van der Waals surface area contributed by atoms with E-state index in [1.54, 1.807) is 12.1 Å². The Morgan fingerprint density at radius 3 is 2.05 bits per heavy atom. The Hall–Kier alpha value is -1.46. The Kier molecular flexibility index (Phi) is 7.32. The first-order valence-corrected chi connectivity index (χ1v) is 7.39. The van der Waals surface area contributed by atoms with E-state index in [-0.39, 0.29) is 11.9 Å². The van der Waals surface area contributed by atoms with Crippen LogP contribution in [0.25, 0.3) is 0 Å². The number of benzene rings is 1. The van der Waals surface area contributed by atoms with Crippen LogP contribution in [0.2, 0.25) is 0 Å². The molecule has 3 N–H and O–H groups in total. The molecule has 1 unspecified atom stereocenters. The van der Waals surface area contributed by atoms with Crippen molar-refractivity contribution >= 4 is 0 Å². The molecule has 0 bridgehead atoms. The number of aliphatic hydroxyl groups excluding tert-OH is 1. The number of aromatic hydroxyl groups is 1. The predicted octanol–water partition coefficient (Wildman–Crippen LogP) is 2.30. The minimum absolute atomic E-state index is 0.000754. The highest BCUT2D eigenvalue weighted by atomic mass is 16.5. The van der Waals surface area contributed by atoms with Gasteiger partial charge in [0.15, 0.2) is 11.5 Å². The fourth-order valence-electron chi connectivity index (χ4n) is 2.41. The van der Waals surface area contributed by atoms with Gasteiger partial charge in [-0.1, -0.05) is 26.7 Å². The van der Waals surface area contributed by atoms with Gasteiger partial charge >= 0.3 is 0 Å². The molecule has 1 aromatic carbocycles. The summed E-state index contributed by atoms with van der Waals surface area (Å²) >= 11 is 0. The number of rotatable bonds is 9. The van der Waals surface area contributed by atoms with Crippen molar-refractivity contribution in [1.29, 1.82) is 0 Å². The van der Waals surface area contributed by atoms with Gasteiger partial charge in [-0.25, -0.2) is 0 Å². The molecule has 0 heterocycles. The molecule has 0 aromatic heterocycles. The lowest BCUT2D eigenvalue weighted by atomic mass is 9.96. The molecule has 120 valence electrons. The average molecular weight is 297 g/mol. The third-order valence-electron chi connectivity index (χ3n) is 3.82. The highest BCUT2D eigenvalue weighted by Gasteiger charge is 2.15. The molecule has 0 fully saturated rings. The van der Waals surface area contributed by atoms with E-state index in [0.29, 0.717) is 30.5 Å². The number of hydrogen-bond donors (Lipinski definition) is 3. The van der Waals surface area contributed by atoms with Gasteiger partial charge in [0, 0.05) is 13.1 Å². The summed E-state index contributed by atoms with van der Waals surface area (Å²) in [5.74, 6) is 1.08. The number of nitrogens with one attached hydrogen (secondary N) is 1. The zero-order valence-corrected chi connectivity index (χ0v) is 13.3. The summed E-state index contributed by atoms with van der Waals surface area (Å²) in [7, 11) is 3.01. The van der Waals surface area contributed by atoms with Crippen LogP contribution < -0.4 is 14.8 Å². The second-order valence-corrected chi connectivity index (χ2v) is 5.12. The molecule has 1 rings (SSSR count). The molecule has 1 aromatic rings. The lowest BCUT2D eigenvalue weighted by Gasteiger charge is -2.20. The maximum absolute atomic E-state index is 10.1. The predicted molar refractivity (Wildman–Crippen MR) is 83.0 cm³/mol. The van der Waals surface area contributed by atoms with Gasteiger partial charge in [-0.2, -0.15) is 0 Å². The molecule has 0 amide bonds. The van der Waals surface area contributed by atoms with Crippen LogP contribution in [0.5, 0.6) is 17.2 Å². The van der Waals surface area contributed by atoms with E-state index in [0.717, 1.165) is 18.4 Å². The summed E-state index contributed by atoms with van der Waals surface area (Å²) in [5, 5.41) is 23.2.